The van der Waals surface area contributed by atoms with Gasteiger partial charge in [0.05, 0.1) is 12.4 Å². The number of para-hydroxylation sites is 3. The third-order valence-corrected chi connectivity index (χ3v) is 4.25. The molecule has 7 nitrogen and oxygen atoms in total. The van der Waals surface area contributed by atoms with Crippen LogP contribution in [0, 0.1) is 12.1 Å². The van der Waals surface area contributed by atoms with Crippen molar-refractivity contribution in [3.8, 4) is 11.4 Å². The van der Waals surface area contributed by atoms with Gasteiger partial charge in [0.2, 0.25) is 0 Å². The molecule has 2 aromatic heterocycles. The molecule has 0 saturated heterocycles. The third-order valence-electron chi connectivity index (χ3n) is 4.25. The van der Waals surface area contributed by atoms with E-state index in [0.717, 1.165) is 17.1 Å². The fourth-order valence-corrected chi connectivity index (χ4v) is 2.92. The average Bonchev–Trinajstić information content (AvgIpc) is 3.47. The van der Waals surface area contributed by atoms with Crippen molar-refractivity contribution in [2.75, 3.05) is 4.90 Å². The number of anilines is 3. The van der Waals surface area contributed by atoms with E-state index in [1.54, 1.807) is 22.0 Å². The largest absolute Gasteiger partial charge is 2.00 e. The molecule has 0 bridgehead atoms. The Bertz CT molecular complexity index is 1130. The van der Waals surface area contributed by atoms with Crippen LogP contribution in [0.3, 0.4) is 0 Å². The third kappa shape index (κ3) is 3.93. The molecule has 0 aliphatic heterocycles. The van der Waals surface area contributed by atoms with Crippen molar-refractivity contribution >= 4 is 17.3 Å². The van der Waals surface area contributed by atoms with Crippen LogP contribution in [0.4, 0.5) is 17.3 Å². The van der Waals surface area contributed by atoms with E-state index in [1.807, 2.05) is 83.8 Å². The van der Waals surface area contributed by atoms with E-state index < -0.39 is 0 Å². The standard InChI is InChI=1S/C22H15N7.Pt/c1-4-10-18(11-5-1)27(21-16-23-28(25-21)19-12-6-2-7-13-19)22-17-24-29(26-22)20-14-8-3-9-15-20;/h1-12,14,16-17H;/q-2;+2. The maximum Gasteiger partial charge on any atom is 2.00 e. The van der Waals surface area contributed by atoms with Gasteiger partial charge >= 0.3 is 21.1 Å². The SMILES string of the molecule is [Pt+2].[c-]1ccccc1-n1ncc(N(c2ccccc2)c2cnn(-c3[c-]cccc3)n2)n1. The number of rotatable bonds is 5. The van der Waals surface area contributed by atoms with Crippen molar-refractivity contribution in [2.24, 2.45) is 0 Å². The molecule has 0 N–H and O–H groups in total. The quantitative estimate of drug-likeness (QED) is 0.299. The second-order valence-corrected chi connectivity index (χ2v) is 6.15. The molecule has 2 heterocycles. The molecule has 0 spiro atoms. The Morgan fingerprint density at radius 2 is 1.13 bits per heavy atom. The van der Waals surface area contributed by atoms with E-state index >= 15 is 0 Å². The van der Waals surface area contributed by atoms with Crippen LogP contribution in [0.2, 0.25) is 0 Å². The van der Waals surface area contributed by atoms with Crippen LogP contribution in [0.25, 0.3) is 11.4 Å². The minimum atomic E-state index is 0. The van der Waals surface area contributed by atoms with Gasteiger partial charge in [-0.1, -0.05) is 18.2 Å². The predicted octanol–water partition coefficient (Wildman–Crippen LogP) is 3.92. The zero-order valence-electron chi connectivity index (χ0n) is 15.6. The first-order valence-corrected chi connectivity index (χ1v) is 9.02. The maximum atomic E-state index is 4.63. The van der Waals surface area contributed by atoms with Gasteiger partial charge in [-0.2, -0.15) is 68.3 Å². The first-order chi connectivity index (χ1) is 14.4. The van der Waals surface area contributed by atoms with Crippen molar-refractivity contribution in [2.45, 2.75) is 0 Å². The zero-order valence-corrected chi connectivity index (χ0v) is 17.9. The summed E-state index contributed by atoms with van der Waals surface area (Å²) in [5, 5.41) is 18.1. The van der Waals surface area contributed by atoms with Gasteiger partial charge in [-0.05, 0) is 23.5 Å². The van der Waals surface area contributed by atoms with E-state index in [1.165, 1.54) is 0 Å². The van der Waals surface area contributed by atoms with Crippen LogP contribution in [0.1, 0.15) is 0 Å². The van der Waals surface area contributed by atoms with Crippen molar-refractivity contribution in [1.29, 1.82) is 0 Å². The molecule has 0 aliphatic carbocycles. The van der Waals surface area contributed by atoms with Crippen LogP contribution in [0.15, 0.2) is 91.3 Å². The van der Waals surface area contributed by atoms with E-state index in [0.29, 0.717) is 11.6 Å². The molecule has 0 amide bonds. The Morgan fingerprint density at radius 1 is 0.633 bits per heavy atom. The molecule has 0 aliphatic rings. The monoisotopic (exact) mass is 572 g/mol. The molecule has 30 heavy (non-hydrogen) atoms. The normalized spacial score (nSPS) is 10.4. The van der Waals surface area contributed by atoms with E-state index in [-0.39, 0.29) is 21.1 Å². The first kappa shape index (κ1) is 19.7. The first-order valence-electron chi connectivity index (χ1n) is 9.02. The maximum absolute atomic E-state index is 4.63. The number of nitrogens with zero attached hydrogens (tertiary/aromatic N) is 7. The number of benzene rings is 3. The summed E-state index contributed by atoms with van der Waals surface area (Å²) in [7, 11) is 0. The molecule has 148 valence electrons. The molecule has 0 atom stereocenters. The van der Waals surface area contributed by atoms with Crippen LogP contribution < -0.4 is 4.90 Å². The summed E-state index contributed by atoms with van der Waals surface area (Å²) in [5.74, 6) is 1.25. The molecule has 3 aromatic carbocycles. The minimum absolute atomic E-state index is 0. The Morgan fingerprint density at radius 3 is 1.60 bits per heavy atom. The van der Waals surface area contributed by atoms with Gasteiger partial charge in [-0.3, -0.25) is 4.90 Å². The topological polar surface area (TPSA) is 64.7 Å². The van der Waals surface area contributed by atoms with E-state index in [4.69, 9.17) is 0 Å². The Kier molecular flexibility index (Phi) is 5.82. The van der Waals surface area contributed by atoms with Crippen LogP contribution in [0.5, 0.6) is 0 Å². The summed E-state index contributed by atoms with van der Waals surface area (Å²) < 4.78 is 0. The van der Waals surface area contributed by atoms with Gasteiger partial charge in [-0.25, -0.2) is 0 Å². The van der Waals surface area contributed by atoms with Gasteiger partial charge in [0.15, 0.2) is 11.6 Å². The van der Waals surface area contributed by atoms with E-state index in [9.17, 15) is 0 Å². The summed E-state index contributed by atoms with van der Waals surface area (Å²) >= 11 is 0. The molecule has 5 aromatic rings. The molecule has 0 unspecified atom stereocenters. The Balaban J connectivity index is 0.00000218. The molecule has 0 saturated carbocycles. The van der Waals surface area contributed by atoms with Crippen molar-refractivity contribution in [1.82, 2.24) is 30.0 Å². The van der Waals surface area contributed by atoms with E-state index in [2.05, 4.69) is 32.5 Å². The van der Waals surface area contributed by atoms with Gasteiger partial charge in [-0.15, -0.1) is 22.3 Å². The molecule has 5 rings (SSSR count). The minimum Gasteiger partial charge on any atom is -0.273 e. The Labute approximate surface area is 187 Å². The summed E-state index contributed by atoms with van der Waals surface area (Å²) in [5.41, 5.74) is 2.42. The number of aromatic nitrogens is 6. The summed E-state index contributed by atoms with van der Waals surface area (Å²) in [6.45, 7) is 0. The second-order valence-electron chi connectivity index (χ2n) is 6.15. The van der Waals surface area contributed by atoms with Crippen LogP contribution in [-0.4, -0.2) is 30.0 Å². The Hall–Kier alpha value is -3.57. The average molecular weight is 572 g/mol. The van der Waals surface area contributed by atoms with Crippen LogP contribution >= 0.6 is 0 Å². The fourth-order valence-electron chi connectivity index (χ4n) is 2.92. The summed E-state index contributed by atoms with van der Waals surface area (Å²) in [6, 6.07) is 31.2. The zero-order chi connectivity index (χ0) is 19.5. The summed E-state index contributed by atoms with van der Waals surface area (Å²) in [4.78, 5) is 4.99. The predicted molar refractivity (Wildman–Crippen MR) is 109 cm³/mol. The number of hydrogen-bond donors (Lipinski definition) is 0. The summed E-state index contributed by atoms with van der Waals surface area (Å²) in [6.07, 6.45) is 3.39. The van der Waals surface area contributed by atoms with Gasteiger partial charge in [0.1, 0.15) is 0 Å². The smallest absolute Gasteiger partial charge is 0.273 e. The molecule has 0 radical (unpaired) electrons. The van der Waals surface area contributed by atoms with Crippen molar-refractivity contribution < 1.29 is 21.1 Å². The second kappa shape index (κ2) is 8.84. The fraction of sp³-hybridized carbons (Fsp3) is 0. The van der Waals surface area contributed by atoms with Crippen molar-refractivity contribution in [3.05, 3.63) is 103 Å². The van der Waals surface area contributed by atoms with Gasteiger partial charge in [0.25, 0.3) is 0 Å². The number of hydrogen-bond acceptors (Lipinski definition) is 5. The molecule has 8 heteroatoms. The van der Waals surface area contributed by atoms with Gasteiger partial charge < -0.3 is 0 Å². The van der Waals surface area contributed by atoms with Gasteiger partial charge in [0, 0.05) is 5.69 Å². The molecular formula is C22H15N7Pt. The molecular weight excluding hydrogens is 557 g/mol. The molecule has 0 fully saturated rings. The van der Waals surface area contributed by atoms with Crippen LogP contribution in [-0.2, 0) is 21.1 Å². The van der Waals surface area contributed by atoms with Crippen molar-refractivity contribution in [3.63, 3.8) is 0 Å².